The summed E-state index contributed by atoms with van der Waals surface area (Å²) in [7, 11) is 0. The van der Waals surface area contributed by atoms with Crippen LogP contribution in [-0.4, -0.2) is 19.0 Å². The monoisotopic (exact) mass is 260 g/mol. The molecule has 1 amide bonds. The standard InChI is InChI=1S/C16H24N2O/c1-3-12-7-5-8-13(4-2)15(12)18-16(19)14-9-6-10-17-11-14/h5,7-8,14,17H,3-4,6,9-11H2,1-2H3,(H,18,19)/t14-/m0/s1. The Balaban J connectivity index is 2.15. The summed E-state index contributed by atoms with van der Waals surface area (Å²) in [5, 5.41) is 6.47. The van der Waals surface area contributed by atoms with E-state index in [-0.39, 0.29) is 11.8 Å². The average Bonchev–Trinajstić information content (AvgIpc) is 2.48. The summed E-state index contributed by atoms with van der Waals surface area (Å²) in [6, 6.07) is 6.29. The molecule has 1 heterocycles. The highest BCUT2D eigenvalue weighted by Crippen LogP contribution is 2.24. The first-order valence-electron chi connectivity index (χ1n) is 7.38. The molecule has 3 heteroatoms. The Bertz CT molecular complexity index is 414. The largest absolute Gasteiger partial charge is 0.325 e. The van der Waals surface area contributed by atoms with Gasteiger partial charge in [0.25, 0.3) is 0 Å². The van der Waals surface area contributed by atoms with Crippen molar-refractivity contribution in [1.82, 2.24) is 5.32 Å². The molecular formula is C16H24N2O. The van der Waals surface area contributed by atoms with Crippen molar-refractivity contribution in [2.45, 2.75) is 39.5 Å². The van der Waals surface area contributed by atoms with Crippen LogP contribution >= 0.6 is 0 Å². The molecule has 1 saturated heterocycles. The van der Waals surface area contributed by atoms with E-state index in [1.165, 1.54) is 11.1 Å². The van der Waals surface area contributed by atoms with Gasteiger partial charge in [0.05, 0.1) is 5.92 Å². The van der Waals surface area contributed by atoms with E-state index in [2.05, 4.69) is 42.7 Å². The second kappa shape index (κ2) is 6.71. The van der Waals surface area contributed by atoms with Crippen LogP contribution in [0.2, 0.25) is 0 Å². The second-order valence-electron chi connectivity index (χ2n) is 5.19. The number of aryl methyl sites for hydroxylation is 2. The minimum atomic E-state index is 0.114. The van der Waals surface area contributed by atoms with Crippen molar-refractivity contribution < 1.29 is 4.79 Å². The van der Waals surface area contributed by atoms with Crippen molar-refractivity contribution in [1.29, 1.82) is 0 Å². The topological polar surface area (TPSA) is 41.1 Å². The maximum Gasteiger partial charge on any atom is 0.228 e. The lowest BCUT2D eigenvalue weighted by molar-refractivity contribution is -0.120. The first kappa shape index (κ1) is 14.1. The highest BCUT2D eigenvalue weighted by Gasteiger charge is 2.22. The van der Waals surface area contributed by atoms with Gasteiger partial charge in [0.1, 0.15) is 0 Å². The van der Waals surface area contributed by atoms with Crippen molar-refractivity contribution in [3.63, 3.8) is 0 Å². The first-order chi connectivity index (χ1) is 9.26. The van der Waals surface area contributed by atoms with Gasteiger partial charge in [-0.1, -0.05) is 32.0 Å². The Morgan fingerprint density at radius 2 is 2.00 bits per heavy atom. The predicted octanol–water partition coefficient (Wildman–Crippen LogP) is 2.75. The molecule has 1 aromatic rings. The number of rotatable bonds is 4. The lowest BCUT2D eigenvalue weighted by atomic mass is 9.97. The van der Waals surface area contributed by atoms with Gasteiger partial charge < -0.3 is 10.6 Å². The third-order valence-corrected chi connectivity index (χ3v) is 3.91. The van der Waals surface area contributed by atoms with Gasteiger partial charge in [0.15, 0.2) is 0 Å². The molecule has 104 valence electrons. The van der Waals surface area contributed by atoms with E-state index in [1.807, 2.05) is 0 Å². The summed E-state index contributed by atoms with van der Waals surface area (Å²) in [6.45, 7) is 6.11. The van der Waals surface area contributed by atoms with Crippen LogP contribution in [0.5, 0.6) is 0 Å². The molecule has 1 aliphatic rings. The zero-order chi connectivity index (χ0) is 13.7. The number of carbonyl (C=O) groups excluding carboxylic acids is 1. The van der Waals surface area contributed by atoms with Crippen LogP contribution in [0.25, 0.3) is 0 Å². The fourth-order valence-electron chi connectivity index (χ4n) is 2.70. The molecule has 0 unspecified atom stereocenters. The summed E-state index contributed by atoms with van der Waals surface area (Å²) in [4.78, 5) is 12.4. The lowest BCUT2D eigenvalue weighted by Crippen LogP contribution is -2.37. The zero-order valence-electron chi connectivity index (χ0n) is 12.0. The van der Waals surface area contributed by atoms with Crippen molar-refractivity contribution in [2.24, 2.45) is 5.92 Å². The number of nitrogens with one attached hydrogen (secondary N) is 2. The molecule has 19 heavy (non-hydrogen) atoms. The molecule has 2 rings (SSSR count). The van der Waals surface area contributed by atoms with E-state index in [4.69, 9.17) is 0 Å². The van der Waals surface area contributed by atoms with Crippen molar-refractivity contribution in [2.75, 3.05) is 18.4 Å². The molecule has 0 spiro atoms. The molecule has 1 fully saturated rings. The molecule has 1 atom stereocenters. The molecule has 0 saturated carbocycles. The number of benzene rings is 1. The fraction of sp³-hybridized carbons (Fsp3) is 0.562. The number of anilines is 1. The third kappa shape index (κ3) is 3.35. The van der Waals surface area contributed by atoms with Gasteiger partial charge >= 0.3 is 0 Å². The highest BCUT2D eigenvalue weighted by molar-refractivity contribution is 5.94. The van der Waals surface area contributed by atoms with Gasteiger partial charge in [-0.3, -0.25) is 4.79 Å². The van der Waals surface area contributed by atoms with Crippen LogP contribution in [-0.2, 0) is 17.6 Å². The number of piperidine rings is 1. The van der Waals surface area contributed by atoms with Crippen LogP contribution in [0.3, 0.4) is 0 Å². The summed E-state index contributed by atoms with van der Waals surface area (Å²) >= 11 is 0. The summed E-state index contributed by atoms with van der Waals surface area (Å²) in [6.07, 6.45) is 3.99. The Morgan fingerprint density at radius 3 is 2.53 bits per heavy atom. The number of hydrogen-bond acceptors (Lipinski definition) is 2. The van der Waals surface area contributed by atoms with E-state index in [0.29, 0.717) is 0 Å². The summed E-state index contributed by atoms with van der Waals surface area (Å²) in [5.41, 5.74) is 3.51. The Hall–Kier alpha value is -1.35. The lowest BCUT2D eigenvalue weighted by Gasteiger charge is -2.23. The van der Waals surface area contributed by atoms with Crippen molar-refractivity contribution in [3.05, 3.63) is 29.3 Å². The van der Waals surface area contributed by atoms with Crippen LogP contribution < -0.4 is 10.6 Å². The fourth-order valence-corrected chi connectivity index (χ4v) is 2.70. The smallest absolute Gasteiger partial charge is 0.228 e. The third-order valence-electron chi connectivity index (χ3n) is 3.91. The Kier molecular flexibility index (Phi) is 4.97. The molecule has 1 aromatic carbocycles. The van der Waals surface area contributed by atoms with Gasteiger partial charge in [0, 0.05) is 12.2 Å². The van der Waals surface area contributed by atoms with E-state index in [9.17, 15) is 4.79 Å². The minimum absolute atomic E-state index is 0.114. The normalized spacial score (nSPS) is 19.2. The van der Waals surface area contributed by atoms with Gasteiger partial charge in [-0.25, -0.2) is 0 Å². The molecule has 0 radical (unpaired) electrons. The van der Waals surface area contributed by atoms with Gasteiger partial charge in [-0.2, -0.15) is 0 Å². The molecule has 3 nitrogen and oxygen atoms in total. The quantitative estimate of drug-likeness (QED) is 0.874. The van der Waals surface area contributed by atoms with Crippen LogP contribution in [0, 0.1) is 5.92 Å². The Morgan fingerprint density at radius 1 is 1.32 bits per heavy atom. The number of para-hydroxylation sites is 1. The van der Waals surface area contributed by atoms with E-state index in [1.54, 1.807) is 0 Å². The average molecular weight is 260 g/mol. The number of hydrogen-bond donors (Lipinski definition) is 2. The highest BCUT2D eigenvalue weighted by atomic mass is 16.1. The molecule has 0 aliphatic carbocycles. The zero-order valence-corrected chi connectivity index (χ0v) is 12.0. The Labute approximate surface area is 115 Å². The van der Waals surface area contributed by atoms with Crippen molar-refractivity contribution in [3.8, 4) is 0 Å². The SMILES string of the molecule is CCc1cccc(CC)c1NC(=O)[C@H]1CCCNC1. The predicted molar refractivity (Wildman–Crippen MR) is 79.4 cm³/mol. The molecule has 0 aromatic heterocycles. The van der Waals surface area contributed by atoms with Crippen LogP contribution in [0.4, 0.5) is 5.69 Å². The maximum atomic E-state index is 12.4. The van der Waals surface area contributed by atoms with Crippen LogP contribution in [0.1, 0.15) is 37.8 Å². The van der Waals surface area contributed by atoms with Gasteiger partial charge in [0.2, 0.25) is 5.91 Å². The maximum absolute atomic E-state index is 12.4. The first-order valence-corrected chi connectivity index (χ1v) is 7.38. The summed E-state index contributed by atoms with van der Waals surface area (Å²) in [5.74, 6) is 0.283. The van der Waals surface area contributed by atoms with Crippen molar-refractivity contribution >= 4 is 11.6 Å². The molecular weight excluding hydrogens is 236 g/mol. The number of amides is 1. The summed E-state index contributed by atoms with van der Waals surface area (Å²) < 4.78 is 0. The molecule has 1 aliphatic heterocycles. The van der Waals surface area contributed by atoms with E-state index >= 15 is 0 Å². The van der Waals surface area contributed by atoms with Gasteiger partial charge in [-0.15, -0.1) is 0 Å². The minimum Gasteiger partial charge on any atom is -0.325 e. The van der Waals surface area contributed by atoms with Gasteiger partial charge in [-0.05, 0) is 43.4 Å². The number of carbonyl (C=O) groups is 1. The van der Waals surface area contributed by atoms with E-state index < -0.39 is 0 Å². The second-order valence-corrected chi connectivity index (χ2v) is 5.19. The van der Waals surface area contributed by atoms with E-state index in [0.717, 1.165) is 44.5 Å². The molecule has 0 bridgehead atoms. The molecule has 2 N–H and O–H groups in total. The van der Waals surface area contributed by atoms with Crippen LogP contribution in [0.15, 0.2) is 18.2 Å².